The van der Waals surface area contributed by atoms with Gasteiger partial charge in [0, 0.05) is 32.0 Å². The Balaban J connectivity index is 1.63. The van der Waals surface area contributed by atoms with Crippen molar-refractivity contribution in [3.63, 3.8) is 0 Å². The Bertz CT molecular complexity index is 435. The van der Waals surface area contributed by atoms with Crippen LogP contribution in [0.15, 0.2) is 24.3 Å². The normalized spacial score (nSPS) is 18.3. The van der Waals surface area contributed by atoms with Crippen molar-refractivity contribution in [1.82, 2.24) is 4.90 Å². The number of carbonyl (C=O) groups excluding carboxylic acids is 1. The molecular formula is C15H20FNO3. The number of ether oxygens (including phenoxy) is 1. The summed E-state index contributed by atoms with van der Waals surface area (Å²) in [6.45, 7) is 1.99. The second-order valence-electron chi connectivity index (χ2n) is 5.08. The quantitative estimate of drug-likeness (QED) is 0.809. The second-order valence-corrected chi connectivity index (χ2v) is 5.08. The number of carbonyl (C=O) groups is 1. The predicted octanol–water partition coefficient (Wildman–Crippen LogP) is 1.83. The second kappa shape index (κ2) is 7.24. The van der Waals surface area contributed by atoms with E-state index in [9.17, 15) is 9.18 Å². The minimum atomic E-state index is -0.292. The van der Waals surface area contributed by atoms with Crippen LogP contribution in [-0.4, -0.2) is 42.2 Å². The molecule has 5 heteroatoms. The van der Waals surface area contributed by atoms with Gasteiger partial charge < -0.3 is 14.7 Å². The number of aliphatic hydroxyl groups is 1. The predicted molar refractivity (Wildman–Crippen MR) is 72.9 cm³/mol. The van der Waals surface area contributed by atoms with Gasteiger partial charge in [-0.2, -0.15) is 0 Å². The Morgan fingerprint density at radius 3 is 2.80 bits per heavy atom. The van der Waals surface area contributed by atoms with E-state index in [-0.39, 0.29) is 24.2 Å². The van der Waals surface area contributed by atoms with Crippen LogP contribution in [-0.2, 0) is 4.79 Å². The first-order valence-electron chi connectivity index (χ1n) is 6.96. The molecule has 1 N–H and O–H groups in total. The van der Waals surface area contributed by atoms with Gasteiger partial charge in [0.2, 0.25) is 5.91 Å². The van der Waals surface area contributed by atoms with Crippen molar-refractivity contribution < 1.29 is 19.0 Å². The Hall–Kier alpha value is -1.62. The Labute approximate surface area is 118 Å². The molecule has 1 fully saturated rings. The van der Waals surface area contributed by atoms with E-state index in [1.165, 1.54) is 12.1 Å². The van der Waals surface area contributed by atoms with Crippen molar-refractivity contribution in [2.45, 2.75) is 19.3 Å². The van der Waals surface area contributed by atoms with Gasteiger partial charge in [-0.25, -0.2) is 4.39 Å². The highest BCUT2D eigenvalue weighted by Gasteiger charge is 2.24. The lowest BCUT2D eigenvalue weighted by molar-refractivity contribution is -0.130. The molecule has 0 aliphatic carbocycles. The number of hydrogen-bond acceptors (Lipinski definition) is 3. The molecule has 1 aromatic carbocycles. The molecule has 1 aliphatic rings. The van der Waals surface area contributed by atoms with Gasteiger partial charge in [-0.15, -0.1) is 0 Å². The van der Waals surface area contributed by atoms with Crippen molar-refractivity contribution in [3.8, 4) is 5.75 Å². The van der Waals surface area contributed by atoms with E-state index in [1.807, 2.05) is 0 Å². The summed E-state index contributed by atoms with van der Waals surface area (Å²) < 4.78 is 18.1. The number of aliphatic hydroxyl groups excluding tert-OH is 1. The molecule has 1 aliphatic heterocycles. The van der Waals surface area contributed by atoms with E-state index >= 15 is 0 Å². The molecule has 1 aromatic rings. The lowest BCUT2D eigenvalue weighted by Crippen LogP contribution is -2.29. The maximum atomic E-state index is 12.7. The fourth-order valence-corrected chi connectivity index (χ4v) is 2.31. The third-order valence-corrected chi connectivity index (χ3v) is 3.51. The molecule has 0 saturated carbocycles. The van der Waals surface area contributed by atoms with Crippen molar-refractivity contribution in [2.75, 3.05) is 26.3 Å². The van der Waals surface area contributed by atoms with Crippen LogP contribution < -0.4 is 4.74 Å². The summed E-state index contributed by atoms with van der Waals surface area (Å²) >= 11 is 0. The van der Waals surface area contributed by atoms with Crippen LogP contribution in [0, 0.1) is 11.7 Å². The van der Waals surface area contributed by atoms with Crippen LogP contribution in [0.2, 0.25) is 0 Å². The first kappa shape index (κ1) is 14.8. The zero-order valence-electron chi connectivity index (χ0n) is 11.4. The standard InChI is InChI=1S/C15H20FNO3/c16-13-3-5-14(6-4-13)20-9-1-2-15(19)17-8-7-12(10-17)11-18/h3-6,12,18H,1-2,7-11H2. The maximum absolute atomic E-state index is 12.7. The van der Waals surface area contributed by atoms with Gasteiger partial charge in [-0.1, -0.05) is 0 Å². The van der Waals surface area contributed by atoms with Gasteiger partial charge in [0.15, 0.2) is 0 Å². The number of benzene rings is 1. The SMILES string of the molecule is O=C(CCCOc1ccc(F)cc1)N1CCC(CO)C1. The molecule has 1 amide bonds. The van der Waals surface area contributed by atoms with Gasteiger partial charge in [0.1, 0.15) is 11.6 Å². The van der Waals surface area contributed by atoms with Crippen LogP contribution in [0.5, 0.6) is 5.75 Å². The Kier molecular flexibility index (Phi) is 5.35. The highest BCUT2D eigenvalue weighted by Crippen LogP contribution is 2.17. The minimum absolute atomic E-state index is 0.114. The van der Waals surface area contributed by atoms with E-state index in [1.54, 1.807) is 17.0 Å². The summed E-state index contributed by atoms with van der Waals surface area (Å²) in [5.41, 5.74) is 0. The van der Waals surface area contributed by atoms with Gasteiger partial charge >= 0.3 is 0 Å². The van der Waals surface area contributed by atoms with Crippen molar-refractivity contribution >= 4 is 5.91 Å². The zero-order chi connectivity index (χ0) is 14.4. The van der Waals surface area contributed by atoms with Crippen molar-refractivity contribution in [1.29, 1.82) is 0 Å². The first-order chi connectivity index (χ1) is 9.69. The summed E-state index contributed by atoms with van der Waals surface area (Å²) in [5.74, 6) is 0.665. The van der Waals surface area contributed by atoms with Gasteiger partial charge in [0.05, 0.1) is 6.61 Å². The number of nitrogens with zero attached hydrogens (tertiary/aromatic N) is 1. The van der Waals surface area contributed by atoms with E-state index in [0.717, 1.165) is 13.0 Å². The fraction of sp³-hybridized carbons (Fsp3) is 0.533. The lowest BCUT2D eigenvalue weighted by atomic mass is 10.1. The number of hydrogen-bond donors (Lipinski definition) is 1. The highest BCUT2D eigenvalue weighted by molar-refractivity contribution is 5.76. The molecule has 2 rings (SSSR count). The molecule has 110 valence electrons. The molecule has 0 bridgehead atoms. The molecule has 0 radical (unpaired) electrons. The third-order valence-electron chi connectivity index (χ3n) is 3.51. The van der Waals surface area contributed by atoms with Gasteiger partial charge in [-0.3, -0.25) is 4.79 Å². The fourth-order valence-electron chi connectivity index (χ4n) is 2.31. The molecule has 1 atom stereocenters. The summed E-state index contributed by atoms with van der Waals surface area (Å²) in [4.78, 5) is 13.7. The Morgan fingerprint density at radius 1 is 1.40 bits per heavy atom. The number of rotatable bonds is 6. The highest BCUT2D eigenvalue weighted by atomic mass is 19.1. The van der Waals surface area contributed by atoms with Crippen LogP contribution >= 0.6 is 0 Å². The smallest absolute Gasteiger partial charge is 0.222 e. The van der Waals surface area contributed by atoms with Gasteiger partial charge in [0.25, 0.3) is 0 Å². The molecular weight excluding hydrogens is 261 g/mol. The van der Waals surface area contributed by atoms with Crippen LogP contribution in [0.3, 0.4) is 0 Å². The third kappa shape index (κ3) is 4.20. The Morgan fingerprint density at radius 2 is 2.15 bits per heavy atom. The van der Waals surface area contributed by atoms with Crippen LogP contribution in [0.4, 0.5) is 4.39 Å². The van der Waals surface area contributed by atoms with Crippen LogP contribution in [0.1, 0.15) is 19.3 Å². The molecule has 0 aromatic heterocycles. The minimum Gasteiger partial charge on any atom is -0.494 e. The van der Waals surface area contributed by atoms with Crippen molar-refractivity contribution in [3.05, 3.63) is 30.1 Å². The molecule has 4 nitrogen and oxygen atoms in total. The molecule has 1 heterocycles. The van der Waals surface area contributed by atoms with E-state index in [0.29, 0.717) is 31.7 Å². The average molecular weight is 281 g/mol. The topological polar surface area (TPSA) is 49.8 Å². The average Bonchev–Trinajstić information content (AvgIpc) is 2.94. The lowest BCUT2D eigenvalue weighted by Gasteiger charge is -2.16. The van der Waals surface area contributed by atoms with Crippen LogP contribution in [0.25, 0.3) is 0 Å². The summed E-state index contributed by atoms with van der Waals surface area (Å²) in [6.07, 6.45) is 1.96. The molecule has 0 spiro atoms. The number of halogens is 1. The van der Waals surface area contributed by atoms with Crippen molar-refractivity contribution in [2.24, 2.45) is 5.92 Å². The number of likely N-dealkylation sites (tertiary alicyclic amines) is 1. The first-order valence-corrected chi connectivity index (χ1v) is 6.96. The molecule has 1 unspecified atom stereocenters. The molecule has 1 saturated heterocycles. The van der Waals surface area contributed by atoms with E-state index < -0.39 is 0 Å². The number of amides is 1. The van der Waals surface area contributed by atoms with E-state index in [2.05, 4.69) is 0 Å². The summed E-state index contributed by atoms with van der Waals surface area (Å²) in [6, 6.07) is 5.84. The molecule has 20 heavy (non-hydrogen) atoms. The summed E-state index contributed by atoms with van der Waals surface area (Å²) in [7, 11) is 0. The summed E-state index contributed by atoms with van der Waals surface area (Å²) in [5, 5.41) is 9.04. The maximum Gasteiger partial charge on any atom is 0.222 e. The monoisotopic (exact) mass is 281 g/mol. The largest absolute Gasteiger partial charge is 0.494 e. The zero-order valence-corrected chi connectivity index (χ0v) is 11.4. The van der Waals surface area contributed by atoms with Gasteiger partial charge in [-0.05, 0) is 37.1 Å². The van der Waals surface area contributed by atoms with E-state index in [4.69, 9.17) is 9.84 Å².